The van der Waals surface area contributed by atoms with Crippen molar-refractivity contribution in [3.05, 3.63) is 29.6 Å². The summed E-state index contributed by atoms with van der Waals surface area (Å²) in [6, 6.07) is 3.69. The molecule has 1 aromatic carbocycles. The lowest BCUT2D eigenvalue weighted by molar-refractivity contribution is -0.184. The van der Waals surface area contributed by atoms with Crippen molar-refractivity contribution in [3.8, 4) is 0 Å². The summed E-state index contributed by atoms with van der Waals surface area (Å²) < 4.78 is 65.0. The van der Waals surface area contributed by atoms with E-state index < -0.39 is 48.7 Å². The van der Waals surface area contributed by atoms with E-state index in [1.807, 2.05) is 27.7 Å². The van der Waals surface area contributed by atoms with Crippen molar-refractivity contribution < 1.29 is 31.7 Å². The van der Waals surface area contributed by atoms with Crippen LogP contribution in [0.15, 0.2) is 18.2 Å². The maximum absolute atomic E-state index is 14.2. The minimum absolute atomic E-state index is 0.00436. The molecule has 9 heteroatoms. The summed E-state index contributed by atoms with van der Waals surface area (Å²) in [6.07, 6.45) is -4.10. The molecule has 2 saturated heterocycles. The number of likely N-dealkylation sites (tertiary alicyclic amines) is 1. The summed E-state index contributed by atoms with van der Waals surface area (Å²) in [4.78, 5) is 13.9. The minimum Gasteiger partial charge on any atom is -0.399 e. The van der Waals surface area contributed by atoms with Gasteiger partial charge in [0.1, 0.15) is 5.82 Å². The van der Waals surface area contributed by atoms with Crippen LogP contribution in [0.2, 0.25) is 0 Å². The van der Waals surface area contributed by atoms with Gasteiger partial charge in [-0.3, -0.25) is 4.79 Å². The highest BCUT2D eigenvalue weighted by atomic mass is 19.4. The van der Waals surface area contributed by atoms with Crippen LogP contribution in [0, 0.1) is 11.7 Å². The minimum atomic E-state index is -4.35. The number of piperidine rings is 1. The van der Waals surface area contributed by atoms with Gasteiger partial charge in [0, 0.05) is 18.7 Å². The second-order valence-corrected chi connectivity index (χ2v) is 8.49. The Kier molecular flexibility index (Phi) is 5.29. The van der Waals surface area contributed by atoms with Gasteiger partial charge in [-0.15, -0.1) is 0 Å². The number of carbonyl (C=O) groups excluding carboxylic acids is 1. The molecule has 0 bridgehead atoms. The molecule has 1 unspecified atom stereocenters. The van der Waals surface area contributed by atoms with E-state index in [1.54, 1.807) is 0 Å². The summed E-state index contributed by atoms with van der Waals surface area (Å²) in [6.45, 7) is 7.21. The van der Waals surface area contributed by atoms with Crippen LogP contribution in [0.3, 0.4) is 0 Å². The first-order chi connectivity index (χ1) is 12.8. The molecule has 1 atom stereocenters. The molecule has 0 saturated carbocycles. The topological polar surface area (TPSA) is 38.8 Å². The van der Waals surface area contributed by atoms with Gasteiger partial charge >= 0.3 is 13.3 Å². The highest BCUT2D eigenvalue weighted by molar-refractivity contribution is 6.62. The Labute approximate surface area is 162 Å². The molecule has 2 heterocycles. The van der Waals surface area contributed by atoms with Gasteiger partial charge in [0.2, 0.25) is 0 Å². The predicted octanol–water partition coefficient (Wildman–Crippen LogP) is 3.54. The Bertz CT molecular complexity index is 750. The lowest BCUT2D eigenvalue weighted by atomic mass is 9.78. The average molecular weight is 401 g/mol. The van der Waals surface area contributed by atoms with Crippen molar-refractivity contribution in [2.75, 3.05) is 13.1 Å². The molecule has 0 aromatic heterocycles. The van der Waals surface area contributed by atoms with Crippen molar-refractivity contribution in [1.29, 1.82) is 0 Å². The fourth-order valence-electron chi connectivity index (χ4n) is 3.46. The summed E-state index contributed by atoms with van der Waals surface area (Å²) in [5.74, 6) is -2.84. The molecule has 28 heavy (non-hydrogen) atoms. The normalized spacial score (nSPS) is 24.5. The van der Waals surface area contributed by atoms with Crippen LogP contribution < -0.4 is 5.46 Å². The summed E-state index contributed by atoms with van der Waals surface area (Å²) >= 11 is 0. The average Bonchev–Trinajstić information content (AvgIpc) is 2.81. The molecule has 3 rings (SSSR count). The molecular weight excluding hydrogens is 377 g/mol. The number of halogens is 4. The molecule has 1 amide bonds. The van der Waals surface area contributed by atoms with Crippen LogP contribution >= 0.6 is 0 Å². The number of alkyl halides is 3. The molecule has 0 N–H and O–H groups in total. The van der Waals surface area contributed by atoms with Gasteiger partial charge in [-0.05, 0) is 64.2 Å². The van der Waals surface area contributed by atoms with Crippen molar-refractivity contribution in [1.82, 2.24) is 4.90 Å². The molecule has 0 radical (unpaired) electrons. The standard InChI is InChI=1S/C19H24BF4NO3/c1-17(2)18(3,4)28-20(27-17)14-8-12(9-15(21)10-14)16(26)25-7-5-6-13(11-25)19(22,23)24/h8-10,13H,5-7,11H2,1-4H3. The van der Waals surface area contributed by atoms with Crippen molar-refractivity contribution in [2.45, 2.75) is 57.9 Å². The first kappa shape index (κ1) is 21.1. The molecule has 0 spiro atoms. The van der Waals surface area contributed by atoms with Gasteiger partial charge < -0.3 is 14.2 Å². The maximum Gasteiger partial charge on any atom is 0.494 e. The zero-order valence-corrected chi connectivity index (χ0v) is 16.4. The number of rotatable bonds is 2. The van der Waals surface area contributed by atoms with Crippen molar-refractivity contribution in [2.24, 2.45) is 5.92 Å². The van der Waals surface area contributed by atoms with E-state index in [4.69, 9.17) is 9.31 Å². The predicted molar refractivity (Wildman–Crippen MR) is 96.8 cm³/mol. The second-order valence-electron chi connectivity index (χ2n) is 8.49. The third kappa shape index (κ3) is 4.05. The van der Waals surface area contributed by atoms with Gasteiger partial charge in [-0.25, -0.2) is 4.39 Å². The molecule has 154 valence electrons. The van der Waals surface area contributed by atoms with Gasteiger partial charge in [-0.2, -0.15) is 13.2 Å². The van der Waals surface area contributed by atoms with Crippen molar-refractivity contribution >= 4 is 18.5 Å². The van der Waals surface area contributed by atoms with Gasteiger partial charge in [0.05, 0.1) is 17.1 Å². The largest absolute Gasteiger partial charge is 0.494 e. The summed E-state index contributed by atoms with van der Waals surface area (Å²) in [7, 11) is -0.864. The van der Waals surface area contributed by atoms with Crippen LogP contribution in [0.5, 0.6) is 0 Å². The van der Waals surface area contributed by atoms with Gasteiger partial charge in [0.15, 0.2) is 0 Å². The fourth-order valence-corrected chi connectivity index (χ4v) is 3.46. The molecule has 4 nitrogen and oxygen atoms in total. The molecule has 0 aliphatic carbocycles. The number of nitrogens with zero attached hydrogens (tertiary/aromatic N) is 1. The zero-order valence-electron chi connectivity index (χ0n) is 16.4. The van der Waals surface area contributed by atoms with E-state index in [2.05, 4.69) is 0 Å². The van der Waals surface area contributed by atoms with E-state index in [1.165, 1.54) is 12.1 Å². The van der Waals surface area contributed by atoms with Crippen LogP contribution in [0.1, 0.15) is 50.9 Å². The van der Waals surface area contributed by atoms with Crippen LogP contribution in [-0.4, -0.2) is 48.4 Å². The van der Waals surface area contributed by atoms with Crippen LogP contribution in [0.4, 0.5) is 17.6 Å². The van der Waals surface area contributed by atoms with E-state index in [0.29, 0.717) is 5.46 Å². The maximum atomic E-state index is 14.2. The lowest BCUT2D eigenvalue weighted by Crippen LogP contribution is -2.45. The molecule has 2 fully saturated rings. The Morgan fingerprint density at radius 2 is 1.75 bits per heavy atom. The van der Waals surface area contributed by atoms with Gasteiger partial charge in [0.25, 0.3) is 5.91 Å². The van der Waals surface area contributed by atoms with Crippen molar-refractivity contribution in [3.63, 3.8) is 0 Å². The third-order valence-electron chi connectivity index (χ3n) is 5.86. The first-order valence-corrected chi connectivity index (χ1v) is 9.32. The summed E-state index contributed by atoms with van der Waals surface area (Å²) in [5.41, 5.74) is -0.957. The monoisotopic (exact) mass is 401 g/mol. The van der Waals surface area contributed by atoms with Crippen LogP contribution in [0.25, 0.3) is 0 Å². The fraction of sp³-hybridized carbons (Fsp3) is 0.632. The van der Waals surface area contributed by atoms with E-state index in [0.717, 1.165) is 11.0 Å². The second kappa shape index (κ2) is 7.02. The van der Waals surface area contributed by atoms with E-state index in [9.17, 15) is 22.4 Å². The Balaban J connectivity index is 1.83. The summed E-state index contributed by atoms with van der Waals surface area (Å²) in [5, 5.41) is 0. The quantitative estimate of drug-likeness (QED) is 0.562. The Morgan fingerprint density at radius 3 is 2.32 bits per heavy atom. The van der Waals surface area contributed by atoms with Gasteiger partial charge in [-0.1, -0.05) is 0 Å². The first-order valence-electron chi connectivity index (χ1n) is 9.32. The number of carbonyl (C=O) groups is 1. The number of hydrogen-bond donors (Lipinski definition) is 0. The molecular formula is C19H24BF4NO3. The highest BCUT2D eigenvalue weighted by Crippen LogP contribution is 2.37. The lowest BCUT2D eigenvalue weighted by Gasteiger charge is -2.33. The SMILES string of the molecule is CC1(C)OB(c2cc(F)cc(C(=O)N3CCCC(C(F)(F)F)C3)c2)OC1(C)C. The molecule has 2 aliphatic heterocycles. The number of amides is 1. The van der Waals surface area contributed by atoms with Crippen LogP contribution in [-0.2, 0) is 9.31 Å². The highest BCUT2D eigenvalue weighted by Gasteiger charge is 2.52. The smallest absolute Gasteiger partial charge is 0.399 e. The van der Waals surface area contributed by atoms with E-state index in [-0.39, 0.29) is 24.9 Å². The zero-order chi connectivity index (χ0) is 20.9. The Morgan fingerprint density at radius 1 is 1.14 bits per heavy atom. The molecule has 1 aromatic rings. The Hall–Kier alpha value is -1.61. The number of benzene rings is 1. The number of hydrogen-bond acceptors (Lipinski definition) is 3. The molecule has 2 aliphatic rings. The van der Waals surface area contributed by atoms with E-state index >= 15 is 0 Å². The third-order valence-corrected chi connectivity index (χ3v) is 5.86.